The van der Waals surface area contributed by atoms with Crippen LogP contribution in [0.15, 0.2) is 60.9 Å². The predicted molar refractivity (Wildman–Crippen MR) is 105 cm³/mol. The van der Waals surface area contributed by atoms with E-state index < -0.39 is 0 Å². The number of hydrogen-bond donors (Lipinski definition) is 1. The van der Waals surface area contributed by atoms with Crippen LogP contribution in [0, 0.1) is 0 Å². The van der Waals surface area contributed by atoms with Crippen LogP contribution in [0.1, 0.15) is 34.9 Å². The number of likely N-dealkylation sites (tertiary alicyclic amines) is 1. The fourth-order valence-corrected chi connectivity index (χ4v) is 3.78. The smallest absolute Gasteiger partial charge is 0.253 e. The zero-order valence-corrected chi connectivity index (χ0v) is 15.4. The third kappa shape index (κ3) is 3.58. The Balaban J connectivity index is 1.47. The van der Waals surface area contributed by atoms with Gasteiger partial charge in [-0.15, -0.1) is 0 Å². The van der Waals surface area contributed by atoms with Crippen molar-refractivity contribution >= 4 is 5.91 Å². The average Bonchev–Trinajstić information content (AvgIpc) is 3.14. The van der Waals surface area contributed by atoms with Gasteiger partial charge in [0.05, 0.1) is 0 Å². The minimum atomic E-state index is 0.0777. The normalized spacial score (nSPS) is 15.1. The Morgan fingerprint density at radius 1 is 1.07 bits per heavy atom. The summed E-state index contributed by atoms with van der Waals surface area (Å²) in [5.41, 5.74) is 2.66. The van der Waals surface area contributed by atoms with Gasteiger partial charge in [0.1, 0.15) is 11.6 Å². The minimum absolute atomic E-state index is 0.0777. The molecule has 0 atom stereocenters. The molecule has 1 N–H and O–H groups in total. The lowest BCUT2D eigenvalue weighted by Gasteiger charge is -2.31. The van der Waals surface area contributed by atoms with Crippen molar-refractivity contribution in [2.24, 2.45) is 7.05 Å². The van der Waals surface area contributed by atoms with Crippen LogP contribution >= 0.6 is 0 Å². The summed E-state index contributed by atoms with van der Waals surface area (Å²) in [4.78, 5) is 19.4. The maximum atomic E-state index is 13.0. The van der Waals surface area contributed by atoms with Crippen molar-refractivity contribution in [3.63, 3.8) is 0 Å². The van der Waals surface area contributed by atoms with Crippen molar-refractivity contribution in [3.05, 3.63) is 72.3 Å². The third-order valence-electron chi connectivity index (χ3n) is 5.32. The van der Waals surface area contributed by atoms with Crippen molar-refractivity contribution in [2.45, 2.75) is 18.8 Å². The highest BCUT2D eigenvalue weighted by Gasteiger charge is 2.26. The van der Waals surface area contributed by atoms with Crippen LogP contribution in [0.3, 0.4) is 0 Å². The number of phenolic OH excluding ortho intramolecular Hbond substituents is 1. The number of amides is 1. The number of carbonyl (C=O) groups is 1. The van der Waals surface area contributed by atoms with Crippen LogP contribution < -0.4 is 0 Å². The molecule has 0 aliphatic carbocycles. The Kier molecular flexibility index (Phi) is 4.67. The monoisotopic (exact) mass is 361 g/mol. The number of nitrogens with zero attached hydrogens (tertiary/aromatic N) is 3. The van der Waals surface area contributed by atoms with Gasteiger partial charge in [-0.3, -0.25) is 4.79 Å². The van der Waals surface area contributed by atoms with E-state index in [9.17, 15) is 9.90 Å². The molecule has 1 saturated heterocycles. The van der Waals surface area contributed by atoms with Gasteiger partial charge in [-0.25, -0.2) is 4.98 Å². The van der Waals surface area contributed by atoms with E-state index in [2.05, 4.69) is 9.55 Å². The quantitative estimate of drug-likeness (QED) is 0.772. The summed E-state index contributed by atoms with van der Waals surface area (Å²) in [5, 5.41) is 9.46. The number of benzene rings is 2. The molecule has 2 heterocycles. The van der Waals surface area contributed by atoms with E-state index in [0.717, 1.165) is 42.9 Å². The van der Waals surface area contributed by atoms with Gasteiger partial charge >= 0.3 is 0 Å². The van der Waals surface area contributed by atoms with Crippen molar-refractivity contribution in [1.82, 2.24) is 14.5 Å². The first-order chi connectivity index (χ1) is 13.1. The van der Waals surface area contributed by atoms with Gasteiger partial charge in [-0.1, -0.05) is 24.3 Å². The zero-order valence-electron chi connectivity index (χ0n) is 15.4. The molecule has 2 aromatic carbocycles. The third-order valence-corrected chi connectivity index (χ3v) is 5.32. The highest BCUT2D eigenvalue weighted by atomic mass is 16.3. The molecule has 0 saturated carbocycles. The molecule has 0 bridgehead atoms. The first kappa shape index (κ1) is 17.3. The number of hydrogen-bond acceptors (Lipinski definition) is 3. The van der Waals surface area contributed by atoms with E-state index in [1.807, 2.05) is 60.7 Å². The van der Waals surface area contributed by atoms with Gasteiger partial charge in [0.2, 0.25) is 0 Å². The summed E-state index contributed by atoms with van der Waals surface area (Å²) in [6.07, 6.45) is 5.69. The Hall–Kier alpha value is -3.08. The van der Waals surface area contributed by atoms with Crippen LogP contribution in [0.5, 0.6) is 5.75 Å². The van der Waals surface area contributed by atoms with Crippen molar-refractivity contribution < 1.29 is 9.90 Å². The highest BCUT2D eigenvalue weighted by molar-refractivity contribution is 5.95. The molecule has 3 aromatic rings. The Morgan fingerprint density at radius 2 is 1.81 bits per heavy atom. The molecule has 1 aromatic heterocycles. The molecule has 0 radical (unpaired) electrons. The Bertz CT molecular complexity index is 938. The summed E-state index contributed by atoms with van der Waals surface area (Å²) in [5.74, 6) is 1.84. The molecule has 0 spiro atoms. The van der Waals surface area contributed by atoms with E-state index >= 15 is 0 Å². The molecule has 1 aliphatic rings. The van der Waals surface area contributed by atoms with Gasteiger partial charge in [-0.05, 0) is 48.2 Å². The lowest BCUT2D eigenvalue weighted by Crippen LogP contribution is -2.38. The predicted octanol–water partition coefficient (Wildman–Crippen LogP) is 3.81. The molecule has 1 fully saturated rings. The molecule has 27 heavy (non-hydrogen) atoms. The maximum Gasteiger partial charge on any atom is 0.253 e. The lowest BCUT2D eigenvalue weighted by molar-refractivity contribution is 0.0710. The summed E-state index contributed by atoms with van der Waals surface area (Å²) in [6, 6.07) is 14.7. The summed E-state index contributed by atoms with van der Waals surface area (Å²) in [6.45, 7) is 1.50. The summed E-state index contributed by atoms with van der Waals surface area (Å²) >= 11 is 0. The van der Waals surface area contributed by atoms with Gasteiger partial charge in [0.25, 0.3) is 5.91 Å². The molecule has 4 rings (SSSR count). The molecule has 1 amide bonds. The van der Waals surface area contributed by atoms with E-state index in [1.165, 1.54) is 0 Å². The maximum absolute atomic E-state index is 13.0. The first-order valence-electron chi connectivity index (χ1n) is 9.28. The SMILES string of the molecule is Cn1ccnc1C1CCN(C(=O)c2cccc(-c3ccc(O)cc3)c2)CC1. The highest BCUT2D eigenvalue weighted by Crippen LogP contribution is 2.28. The Labute approximate surface area is 158 Å². The lowest BCUT2D eigenvalue weighted by atomic mass is 9.95. The standard InChI is InChI=1S/C22H23N3O2/c1-24-14-11-23-21(24)17-9-12-25(13-10-17)22(27)19-4-2-3-18(15-19)16-5-7-20(26)8-6-16/h2-8,11,14-15,17,26H,9-10,12-13H2,1H3. The fourth-order valence-electron chi connectivity index (χ4n) is 3.78. The largest absolute Gasteiger partial charge is 0.508 e. The van der Waals surface area contributed by atoms with Crippen molar-refractivity contribution in [2.75, 3.05) is 13.1 Å². The number of aryl methyl sites for hydroxylation is 1. The van der Waals surface area contributed by atoms with Gasteiger partial charge in [-0.2, -0.15) is 0 Å². The number of carbonyl (C=O) groups excluding carboxylic acids is 1. The number of rotatable bonds is 3. The number of aromatic nitrogens is 2. The fraction of sp³-hybridized carbons (Fsp3) is 0.273. The molecular weight excluding hydrogens is 338 g/mol. The minimum Gasteiger partial charge on any atom is -0.508 e. The van der Waals surface area contributed by atoms with Crippen LogP contribution in [-0.4, -0.2) is 38.6 Å². The van der Waals surface area contributed by atoms with Crippen molar-refractivity contribution in [3.8, 4) is 16.9 Å². The molecule has 138 valence electrons. The van der Waals surface area contributed by atoms with E-state index in [-0.39, 0.29) is 11.7 Å². The van der Waals surface area contributed by atoms with Crippen LogP contribution in [0.4, 0.5) is 0 Å². The van der Waals surface area contributed by atoms with Crippen molar-refractivity contribution in [1.29, 1.82) is 0 Å². The number of aromatic hydroxyl groups is 1. The molecule has 1 aliphatic heterocycles. The molecule has 5 heteroatoms. The van der Waals surface area contributed by atoms with Gasteiger partial charge < -0.3 is 14.6 Å². The zero-order chi connectivity index (χ0) is 18.8. The summed E-state index contributed by atoms with van der Waals surface area (Å²) in [7, 11) is 2.02. The topological polar surface area (TPSA) is 58.4 Å². The van der Waals surface area contributed by atoms with Crippen LogP contribution in [0.25, 0.3) is 11.1 Å². The van der Waals surface area contributed by atoms with Gasteiger partial charge in [0.15, 0.2) is 0 Å². The number of imidazole rings is 1. The second-order valence-corrected chi connectivity index (χ2v) is 7.09. The Morgan fingerprint density at radius 3 is 2.48 bits per heavy atom. The van der Waals surface area contributed by atoms with Gasteiger partial charge in [0, 0.05) is 44.0 Å². The van der Waals surface area contributed by atoms with Crippen LogP contribution in [0.2, 0.25) is 0 Å². The molecule has 0 unspecified atom stereocenters. The van der Waals surface area contributed by atoms with E-state index in [4.69, 9.17) is 0 Å². The second kappa shape index (κ2) is 7.27. The van der Waals surface area contributed by atoms with E-state index in [0.29, 0.717) is 11.5 Å². The molecular formula is C22H23N3O2. The number of phenols is 1. The summed E-state index contributed by atoms with van der Waals surface area (Å²) < 4.78 is 2.07. The van der Waals surface area contributed by atoms with E-state index in [1.54, 1.807) is 12.1 Å². The van der Waals surface area contributed by atoms with Crippen LogP contribution in [-0.2, 0) is 7.05 Å². The number of piperidine rings is 1. The molecule has 5 nitrogen and oxygen atoms in total. The second-order valence-electron chi connectivity index (χ2n) is 7.09. The average molecular weight is 361 g/mol. The first-order valence-corrected chi connectivity index (χ1v) is 9.28.